The Hall–Kier alpha value is -2.21. The number of hydrogen-bond donors (Lipinski definition) is 2. The van der Waals surface area contributed by atoms with Crippen LogP contribution in [0.3, 0.4) is 0 Å². The molecule has 2 rings (SSSR count). The minimum Gasteiger partial charge on any atom is -0.326 e. The Morgan fingerprint density at radius 2 is 2.10 bits per heavy atom. The summed E-state index contributed by atoms with van der Waals surface area (Å²) in [7, 11) is 0. The van der Waals surface area contributed by atoms with Gasteiger partial charge in [0.05, 0.1) is 6.54 Å². The summed E-state index contributed by atoms with van der Waals surface area (Å²) in [4.78, 5) is 15.6. The number of nitrogens with zero attached hydrogens (tertiary/aromatic N) is 3. The van der Waals surface area contributed by atoms with Crippen LogP contribution in [0.4, 0.5) is 5.69 Å². The molecule has 1 heterocycles. The van der Waals surface area contributed by atoms with Crippen molar-refractivity contribution in [1.29, 1.82) is 0 Å². The van der Waals surface area contributed by atoms with Gasteiger partial charge in [0.2, 0.25) is 5.91 Å². The van der Waals surface area contributed by atoms with Crippen LogP contribution in [0.25, 0.3) is 0 Å². The van der Waals surface area contributed by atoms with E-state index in [1.807, 2.05) is 31.2 Å². The fourth-order valence-corrected chi connectivity index (χ4v) is 1.80. The SMILES string of the molecule is CCNCCC(=O)Nc1ccc(Cn2cncn2)cc1. The second-order valence-corrected chi connectivity index (χ2v) is 4.44. The first kappa shape index (κ1) is 14.2. The van der Waals surface area contributed by atoms with Crippen LogP contribution < -0.4 is 10.6 Å². The number of nitrogens with one attached hydrogen (secondary N) is 2. The number of hydrogen-bond acceptors (Lipinski definition) is 4. The smallest absolute Gasteiger partial charge is 0.225 e. The molecule has 2 aromatic rings. The molecular formula is C14H19N5O. The van der Waals surface area contributed by atoms with Gasteiger partial charge in [-0.3, -0.25) is 4.79 Å². The summed E-state index contributed by atoms with van der Waals surface area (Å²) in [6.07, 6.45) is 3.67. The van der Waals surface area contributed by atoms with Crippen molar-refractivity contribution in [2.75, 3.05) is 18.4 Å². The molecule has 0 aliphatic heterocycles. The van der Waals surface area contributed by atoms with Crippen molar-refractivity contribution < 1.29 is 4.79 Å². The van der Waals surface area contributed by atoms with E-state index in [2.05, 4.69) is 20.7 Å². The van der Waals surface area contributed by atoms with E-state index in [0.29, 0.717) is 19.5 Å². The Balaban J connectivity index is 1.83. The molecule has 1 amide bonds. The molecule has 0 aliphatic carbocycles. The Morgan fingerprint density at radius 1 is 1.30 bits per heavy atom. The number of aromatic nitrogens is 3. The summed E-state index contributed by atoms with van der Waals surface area (Å²) in [6, 6.07) is 7.75. The summed E-state index contributed by atoms with van der Waals surface area (Å²) in [5.41, 5.74) is 1.93. The Bertz CT molecular complexity index is 521. The van der Waals surface area contributed by atoms with Crippen LogP contribution in [0.2, 0.25) is 0 Å². The van der Waals surface area contributed by atoms with Crippen LogP contribution >= 0.6 is 0 Å². The third-order valence-corrected chi connectivity index (χ3v) is 2.83. The van der Waals surface area contributed by atoms with Crippen LogP contribution in [0.1, 0.15) is 18.9 Å². The minimum atomic E-state index is 0.0231. The van der Waals surface area contributed by atoms with E-state index < -0.39 is 0 Å². The van der Waals surface area contributed by atoms with Crippen molar-refractivity contribution in [1.82, 2.24) is 20.1 Å². The average molecular weight is 273 g/mol. The maximum absolute atomic E-state index is 11.7. The summed E-state index contributed by atoms with van der Waals surface area (Å²) in [6.45, 7) is 4.28. The van der Waals surface area contributed by atoms with Crippen molar-refractivity contribution >= 4 is 11.6 Å². The van der Waals surface area contributed by atoms with Crippen LogP contribution in [-0.4, -0.2) is 33.8 Å². The number of anilines is 1. The zero-order valence-corrected chi connectivity index (χ0v) is 11.5. The second-order valence-electron chi connectivity index (χ2n) is 4.44. The van der Waals surface area contributed by atoms with Gasteiger partial charge in [0.1, 0.15) is 12.7 Å². The van der Waals surface area contributed by atoms with Crippen LogP contribution in [0.15, 0.2) is 36.9 Å². The highest BCUT2D eigenvalue weighted by Crippen LogP contribution is 2.10. The largest absolute Gasteiger partial charge is 0.326 e. The fraction of sp³-hybridized carbons (Fsp3) is 0.357. The molecule has 0 bridgehead atoms. The molecule has 1 aromatic carbocycles. The number of amides is 1. The van der Waals surface area contributed by atoms with E-state index in [4.69, 9.17) is 0 Å². The molecule has 0 spiro atoms. The van der Waals surface area contributed by atoms with E-state index in [0.717, 1.165) is 17.8 Å². The molecule has 0 atom stereocenters. The topological polar surface area (TPSA) is 71.8 Å². The monoisotopic (exact) mass is 273 g/mol. The van der Waals surface area contributed by atoms with Gasteiger partial charge in [-0.2, -0.15) is 5.10 Å². The summed E-state index contributed by atoms with van der Waals surface area (Å²) >= 11 is 0. The molecule has 0 unspecified atom stereocenters. The Morgan fingerprint density at radius 3 is 2.75 bits per heavy atom. The summed E-state index contributed by atoms with van der Waals surface area (Å²) in [5.74, 6) is 0.0231. The zero-order chi connectivity index (χ0) is 14.2. The van der Waals surface area contributed by atoms with Crippen molar-refractivity contribution in [3.05, 3.63) is 42.5 Å². The van der Waals surface area contributed by atoms with Crippen LogP contribution in [-0.2, 0) is 11.3 Å². The lowest BCUT2D eigenvalue weighted by Gasteiger charge is -2.07. The van der Waals surface area contributed by atoms with Crippen molar-refractivity contribution in [2.24, 2.45) is 0 Å². The molecule has 0 aliphatic rings. The highest BCUT2D eigenvalue weighted by Gasteiger charge is 2.02. The zero-order valence-electron chi connectivity index (χ0n) is 11.5. The lowest BCUT2D eigenvalue weighted by Crippen LogP contribution is -2.21. The number of carbonyl (C=O) groups excluding carboxylic acids is 1. The third-order valence-electron chi connectivity index (χ3n) is 2.83. The molecule has 6 heteroatoms. The van der Waals surface area contributed by atoms with Gasteiger partial charge in [-0.25, -0.2) is 9.67 Å². The van der Waals surface area contributed by atoms with Gasteiger partial charge in [0.25, 0.3) is 0 Å². The first-order valence-corrected chi connectivity index (χ1v) is 6.70. The molecular weight excluding hydrogens is 254 g/mol. The van der Waals surface area contributed by atoms with Crippen molar-refractivity contribution in [2.45, 2.75) is 19.9 Å². The van der Waals surface area contributed by atoms with E-state index in [9.17, 15) is 4.79 Å². The predicted molar refractivity (Wildman–Crippen MR) is 77.4 cm³/mol. The standard InChI is InChI=1S/C14H19N5O/c1-2-15-8-7-14(20)18-13-5-3-12(4-6-13)9-19-11-16-10-17-19/h3-6,10-11,15H,2,7-9H2,1H3,(H,18,20). The van der Waals surface area contributed by atoms with E-state index >= 15 is 0 Å². The molecule has 106 valence electrons. The van der Waals surface area contributed by atoms with Crippen LogP contribution in [0, 0.1) is 0 Å². The van der Waals surface area contributed by atoms with Gasteiger partial charge in [-0.15, -0.1) is 0 Å². The van der Waals surface area contributed by atoms with Crippen molar-refractivity contribution in [3.63, 3.8) is 0 Å². The first-order valence-electron chi connectivity index (χ1n) is 6.70. The molecule has 0 saturated heterocycles. The number of carbonyl (C=O) groups is 1. The van der Waals surface area contributed by atoms with E-state index in [1.54, 1.807) is 11.0 Å². The number of rotatable bonds is 7. The fourth-order valence-electron chi connectivity index (χ4n) is 1.80. The quantitative estimate of drug-likeness (QED) is 0.745. The second kappa shape index (κ2) is 7.40. The lowest BCUT2D eigenvalue weighted by molar-refractivity contribution is -0.116. The molecule has 0 radical (unpaired) electrons. The first-order chi connectivity index (χ1) is 9.78. The third kappa shape index (κ3) is 4.47. The maximum Gasteiger partial charge on any atom is 0.225 e. The van der Waals surface area contributed by atoms with Gasteiger partial charge in [-0.05, 0) is 24.2 Å². The van der Waals surface area contributed by atoms with Gasteiger partial charge in [0, 0.05) is 18.7 Å². The summed E-state index contributed by atoms with van der Waals surface area (Å²) in [5, 5.41) is 10.0. The van der Waals surface area contributed by atoms with E-state index in [1.165, 1.54) is 6.33 Å². The lowest BCUT2D eigenvalue weighted by atomic mass is 10.2. The summed E-state index contributed by atoms with van der Waals surface area (Å²) < 4.78 is 1.75. The average Bonchev–Trinajstić information content (AvgIpc) is 2.94. The van der Waals surface area contributed by atoms with E-state index in [-0.39, 0.29) is 5.91 Å². The van der Waals surface area contributed by atoms with Gasteiger partial charge in [0.15, 0.2) is 0 Å². The number of benzene rings is 1. The predicted octanol–water partition coefficient (Wildman–Crippen LogP) is 1.26. The highest BCUT2D eigenvalue weighted by molar-refractivity contribution is 5.90. The van der Waals surface area contributed by atoms with Gasteiger partial charge < -0.3 is 10.6 Å². The molecule has 1 aromatic heterocycles. The molecule has 2 N–H and O–H groups in total. The molecule has 6 nitrogen and oxygen atoms in total. The normalized spacial score (nSPS) is 10.4. The Kier molecular flexibility index (Phi) is 5.25. The Labute approximate surface area is 118 Å². The molecule has 20 heavy (non-hydrogen) atoms. The highest BCUT2D eigenvalue weighted by atomic mass is 16.1. The maximum atomic E-state index is 11.7. The molecule has 0 fully saturated rings. The van der Waals surface area contributed by atoms with Gasteiger partial charge in [-0.1, -0.05) is 19.1 Å². The molecule has 0 saturated carbocycles. The van der Waals surface area contributed by atoms with Crippen molar-refractivity contribution in [3.8, 4) is 0 Å². The van der Waals surface area contributed by atoms with Crippen LogP contribution in [0.5, 0.6) is 0 Å². The minimum absolute atomic E-state index is 0.0231. The van der Waals surface area contributed by atoms with Gasteiger partial charge >= 0.3 is 0 Å².